The summed E-state index contributed by atoms with van der Waals surface area (Å²) < 4.78 is 32.4. The normalized spacial score (nSPS) is 10.3. The second-order valence-electron chi connectivity index (χ2n) is 4.16. The Bertz CT molecular complexity index is 677. The molecule has 0 spiro atoms. The maximum Gasteiger partial charge on any atom is 0.255 e. The third kappa shape index (κ3) is 3.78. The predicted octanol–water partition coefficient (Wildman–Crippen LogP) is 4.38. The van der Waals surface area contributed by atoms with Crippen LogP contribution in [0.25, 0.3) is 0 Å². The van der Waals surface area contributed by atoms with E-state index in [1.807, 2.05) is 0 Å². The minimum Gasteiger partial charge on any atom is -0.491 e. The van der Waals surface area contributed by atoms with Crippen molar-refractivity contribution >= 4 is 27.5 Å². The largest absolute Gasteiger partial charge is 0.491 e. The van der Waals surface area contributed by atoms with Gasteiger partial charge in [-0.3, -0.25) is 4.79 Å². The van der Waals surface area contributed by atoms with Gasteiger partial charge in [-0.05, 0) is 53.2 Å². The highest BCUT2D eigenvalue weighted by molar-refractivity contribution is 9.10. The smallest absolute Gasteiger partial charge is 0.255 e. The van der Waals surface area contributed by atoms with Gasteiger partial charge in [0.15, 0.2) is 11.6 Å². The Labute approximate surface area is 129 Å². The highest BCUT2D eigenvalue weighted by Crippen LogP contribution is 2.22. The van der Waals surface area contributed by atoms with Gasteiger partial charge in [0.05, 0.1) is 11.1 Å². The minimum atomic E-state index is -0.573. The topological polar surface area (TPSA) is 38.3 Å². The second-order valence-corrected chi connectivity index (χ2v) is 5.02. The van der Waals surface area contributed by atoms with Crippen LogP contribution >= 0.6 is 15.9 Å². The fourth-order valence-electron chi connectivity index (χ4n) is 1.69. The van der Waals surface area contributed by atoms with Crippen molar-refractivity contribution in [2.24, 2.45) is 0 Å². The number of hydrogen-bond acceptors (Lipinski definition) is 2. The standard InChI is InChI=1S/C15H12BrF2NO2/c1-2-21-14-6-4-10(8-13(14)18)19-15(20)9-3-5-11(16)12(17)7-9/h3-8H,2H2,1H3,(H,19,20). The number of halogens is 3. The Balaban J connectivity index is 2.15. The van der Waals surface area contributed by atoms with Gasteiger partial charge in [0.1, 0.15) is 5.82 Å². The van der Waals surface area contributed by atoms with Crippen LogP contribution in [-0.2, 0) is 0 Å². The lowest BCUT2D eigenvalue weighted by Gasteiger charge is -2.08. The molecule has 2 rings (SSSR count). The van der Waals surface area contributed by atoms with Crippen molar-refractivity contribution in [3.63, 3.8) is 0 Å². The number of nitrogens with one attached hydrogen (secondary N) is 1. The fourth-order valence-corrected chi connectivity index (χ4v) is 1.94. The van der Waals surface area contributed by atoms with E-state index in [-0.39, 0.29) is 21.5 Å². The molecule has 1 amide bonds. The number of amides is 1. The molecule has 0 heterocycles. The van der Waals surface area contributed by atoms with Crippen LogP contribution in [0.2, 0.25) is 0 Å². The van der Waals surface area contributed by atoms with Gasteiger partial charge in [0.2, 0.25) is 0 Å². The van der Waals surface area contributed by atoms with Crippen molar-refractivity contribution < 1.29 is 18.3 Å². The van der Waals surface area contributed by atoms with Crippen LogP contribution in [0.1, 0.15) is 17.3 Å². The summed E-state index contributed by atoms with van der Waals surface area (Å²) in [7, 11) is 0. The molecule has 0 aliphatic rings. The molecule has 0 aromatic heterocycles. The van der Waals surface area contributed by atoms with E-state index >= 15 is 0 Å². The van der Waals surface area contributed by atoms with E-state index in [4.69, 9.17) is 4.74 Å². The molecule has 0 saturated carbocycles. The van der Waals surface area contributed by atoms with E-state index in [2.05, 4.69) is 21.2 Å². The van der Waals surface area contributed by atoms with Crippen molar-refractivity contribution in [2.75, 3.05) is 11.9 Å². The fraction of sp³-hybridized carbons (Fsp3) is 0.133. The molecule has 0 atom stereocenters. The Morgan fingerprint density at radius 2 is 1.95 bits per heavy atom. The number of anilines is 1. The number of benzene rings is 2. The van der Waals surface area contributed by atoms with Crippen molar-refractivity contribution in [1.82, 2.24) is 0 Å². The lowest BCUT2D eigenvalue weighted by atomic mass is 10.2. The molecule has 2 aromatic carbocycles. The van der Waals surface area contributed by atoms with E-state index in [1.54, 1.807) is 6.92 Å². The van der Waals surface area contributed by atoms with Crippen molar-refractivity contribution in [1.29, 1.82) is 0 Å². The Morgan fingerprint density at radius 1 is 1.19 bits per heavy atom. The van der Waals surface area contributed by atoms with Crippen LogP contribution in [0.15, 0.2) is 40.9 Å². The molecular weight excluding hydrogens is 344 g/mol. The van der Waals surface area contributed by atoms with Gasteiger partial charge >= 0.3 is 0 Å². The highest BCUT2D eigenvalue weighted by Gasteiger charge is 2.11. The summed E-state index contributed by atoms with van der Waals surface area (Å²) >= 11 is 3.01. The molecule has 0 aliphatic carbocycles. The van der Waals surface area contributed by atoms with Gasteiger partial charge in [-0.15, -0.1) is 0 Å². The van der Waals surface area contributed by atoms with E-state index in [1.165, 1.54) is 24.3 Å². The van der Waals surface area contributed by atoms with Gasteiger partial charge in [0, 0.05) is 17.3 Å². The quantitative estimate of drug-likeness (QED) is 0.883. The van der Waals surface area contributed by atoms with E-state index < -0.39 is 17.5 Å². The lowest BCUT2D eigenvalue weighted by Crippen LogP contribution is -2.12. The first-order chi connectivity index (χ1) is 10.0. The Kier molecular flexibility index (Phi) is 4.90. The summed E-state index contributed by atoms with van der Waals surface area (Å²) in [6.07, 6.45) is 0. The zero-order valence-corrected chi connectivity index (χ0v) is 12.7. The third-order valence-corrected chi connectivity index (χ3v) is 3.31. The number of carbonyl (C=O) groups excluding carboxylic acids is 1. The number of rotatable bonds is 4. The SMILES string of the molecule is CCOc1ccc(NC(=O)c2ccc(Br)c(F)c2)cc1F. The van der Waals surface area contributed by atoms with Crippen LogP contribution in [0.3, 0.4) is 0 Å². The van der Waals surface area contributed by atoms with Crippen molar-refractivity contribution in [2.45, 2.75) is 6.92 Å². The zero-order valence-electron chi connectivity index (χ0n) is 11.1. The van der Waals surface area contributed by atoms with Crippen molar-refractivity contribution in [3.05, 3.63) is 58.1 Å². The van der Waals surface area contributed by atoms with Crippen molar-refractivity contribution in [3.8, 4) is 5.75 Å². The van der Waals surface area contributed by atoms with Gasteiger partial charge in [0.25, 0.3) is 5.91 Å². The minimum absolute atomic E-state index is 0.116. The molecule has 3 nitrogen and oxygen atoms in total. The zero-order chi connectivity index (χ0) is 15.4. The van der Waals surface area contributed by atoms with Gasteiger partial charge in [-0.2, -0.15) is 0 Å². The molecule has 0 bridgehead atoms. The van der Waals surface area contributed by atoms with E-state index in [9.17, 15) is 13.6 Å². The molecule has 2 aromatic rings. The monoisotopic (exact) mass is 355 g/mol. The first-order valence-electron chi connectivity index (χ1n) is 6.20. The van der Waals surface area contributed by atoms with Gasteiger partial charge in [-0.25, -0.2) is 8.78 Å². The Hall–Kier alpha value is -1.95. The second kappa shape index (κ2) is 6.67. The van der Waals surface area contributed by atoms with Crippen LogP contribution in [0, 0.1) is 11.6 Å². The molecule has 0 aliphatic heterocycles. The summed E-state index contributed by atoms with van der Waals surface area (Å²) in [5.41, 5.74) is 0.411. The lowest BCUT2D eigenvalue weighted by molar-refractivity contribution is 0.102. The summed E-state index contributed by atoms with van der Waals surface area (Å²) in [4.78, 5) is 12.0. The summed E-state index contributed by atoms with van der Waals surface area (Å²) in [6.45, 7) is 2.10. The maximum atomic E-state index is 13.7. The highest BCUT2D eigenvalue weighted by atomic mass is 79.9. The molecular formula is C15H12BrF2NO2. The first-order valence-corrected chi connectivity index (χ1v) is 6.99. The van der Waals surface area contributed by atoms with Crippen LogP contribution in [0.5, 0.6) is 5.75 Å². The van der Waals surface area contributed by atoms with Crippen LogP contribution in [-0.4, -0.2) is 12.5 Å². The van der Waals surface area contributed by atoms with Crippen LogP contribution in [0.4, 0.5) is 14.5 Å². The van der Waals surface area contributed by atoms with E-state index in [0.29, 0.717) is 6.61 Å². The molecule has 0 unspecified atom stereocenters. The average Bonchev–Trinajstić information content (AvgIpc) is 2.45. The van der Waals surface area contributed by atoms with E-state index in [0.717, 1.165) is 12.1 Å². The van der Waals surface area contributed by atoms with Gasteiger partial charge in [-0.1, -0.05) is 0 Å². The third-order valence-electron chi connectivity index (χ3n) is 2.67. The number of hydrogen-bond donors (Lipinski definition) is 1. The molecule has 21 heavy (non-hydrogen) atoms. The molecule has 1 N–H and O–H groups in total. The molecule has 0 fully saturated rings. The average molecular weight is 356 g/mol. The maximum absolute atomic E-state index is 13.7. The van der Waals surface area contributed by atoms with Crippen LogP contribution < -0.4 is 10.1 Å². The molecule has 0 saturated heterocycles. The Morgan fingerprint density at radius 3 is 2.57 bits per heavy atom. The number of carbonyl (C=O) groups is 1. The predicted molar refractivity (Wildman–Crippen MR) is 79.6 cm³/mol. The summed E-state index contributed by atoms with van der Waals surface area (Å²) in [6, 6.07) is 8.09. The number of ether oxygens (including phenoxy) is 1. The summed E-state index contributed by atoms with van der Waals surface area (Å²) in [5, 5.41) is 2.50. The van der Waals surface area contributed by atoms with Gasteiger partial charge < -0.3 is 10.1 Å². The molecule has 0 radical (unpaired) electrons. The molecule has 110 valence electrons. The first kappa shape index (κ1) is 15.4. The summed E-state index contributed by atoms with van der Waals surface area (Å²) in [5.74, 6) is -1.52. The molecule has 6 heteroatoms.